The molecule has 2 aromatic carbocycles. The Morgan fingerprint density at radius 3 is 2.42 bits per heavy atom. The number of rotatable bonds is 8. The van der Waals surface area contributed by atoms with Crippen LogP contribution in [0.15, 0.2) is 48.5 Å². The molecule has 0 fully saturated rings. The summed E-state index contributed by atoms with van der Waals surface area (Å²) in [6, 6.07) is 14.0. The summed E-state index contributed by atoms with van der Waals surface area (Å²) in [6.45, 7) is 4.94. The van der Waals surface area contributed by atoms with Gasteiger partial charge >= 0.3 is 0 Å². The van der Waals surface area contributed by atoms with Crippen LogP contribution >= 0.6 is 0 Å². The molecule has 0 aliphatic rings. The van der Waals surface area contributed by atoms with Crippen molar-refractivity contribution in [1.29, 1.82) is 0 Å². The van der Waals surface area contributed by atoms with Crippen LogP contribution in [-0.2, 0) is 4.79 Å². The molecule has 26 heavy (non-hydrogen) atoms. The predicted molar refractivity (Wildman–Crippen MR) is 102 cm³/mol. The van der Waals surface area contributed by atoms with Crippen LogP contribution in [0.2, 0.25) is 0 Å². The molecule has 2 rings (SSSR count). The fourth-order valence-electron chi connectivity index (χ4n) is 2.38. The average molecular weight is 355 g/mol. The molecular weight excluding hydrogens is 330 g/mol. The molecule has 6 nitrogen and oxygen atoms in total. The zero-order chi connectivity index (χ0) is 19.1. The van der Waals surface area contributed by atoms with Crippen LogP contribution in [0.5, 0.6) is 5.75 Å². The van der Waals surface area contributed by atoms with Crippen molar-refractivity contribution in [2.75, 3.05) is 25.5 Å². The summed E-state index contributed by atoms with van der Waals surface area (Å²) >= 11 is 0. The summed E-state index contributed by atoms with van der Waals surface area (Å²) < 4.78 is 5.77. The molecular formula is C20H25N3O3. The monoisotopic (exact) mass is 355 g/mol. The number of anilines is 1. The Labute approximate surface area is 153 Å². The highest BCUT2D eigenvalue weighted by molar-refractivity contribution is 5.96. The van der Waals surface area contributed by atoms with E-state index in [9.17, 15) is 9.59 Å². The van der Waals surface area contributed by atoms with E-state index in [0.29, 0.717) is 24.4 Å². The third-order valence-electron chi connectivity index (χ3n) is 4.27. The lowest BCUT2D eigenvalue weighted by molar-refractivity contribution is -0.120. The van der Waals surface area contributed by atoms with Crippen LogP contribution in [0.25, 0.3) is 0 Å². The molecule has 0 aliphatic heterocycles. The Morgan fingerprint density at radius 1 is 1.15 bits per heavy atom. The Balaban J connectivity index is 1.82. The minimum absolute atomic E-state index is 0.129. The van der Waals surface area contributed by atoms with E-state index in [1.54, 1.807) is 24.3 Å². The van der Waals surface area contributed by atoms with Gasteiger partial charge in [0.25, 0.3) is 0 Å². The number of nitrogens with zero attached hydrogens (tertiary/aromatic N) is 1. The first-order valence-corrected chi connectivity index (χ1v) is 8.48. The highest BCUT2D eigenvalue weighted by Gasteiger charge is 2.18. The number of nitrogens with two attached hydrogens (primary N) is 1. The van der Waals surface area contributed by atoms with Gasteiger partial charge in [0.1, 0.15) is 12.4 Å². The molecule has 2 aromatic rings. The SMILES string of the molecule is Cc1ccccc1OCCN(C)C(C)C(=O)Nc1ccc(C(N)=O)cc1. The third kappa shape index (κ3) is 5.32. The number of amides is 2. The number of nitrogens with one attached hydrogen (secondary N) is 1. The van der Waals surface area contributed by atoms with Crippen LogP contribution in [0, 0.1) is 6.92 Å². The van der Waals surface area contributed by atoms with E-state index in [1.807, 2.05) is 50.1 Å². The lowest BCUT2D eigenvalue weighted by Crippen LogP contribution is -2.41. The van der Waals surface area contributed by atoms with Gasteiger partial charge in [-0.15, -0.1) is 0 Å². The number of carbonyl (C=O) groups excluding carboxylic acids is 2. The van der Waals surface area contributed by atoms with Gasteiger partial charge < -0.3 is 15.8 Å². The molecule has 2 amide bonds. The van der Waals surface area contributed by atoms with Crippen molar-refractivity contribution in [3.63, 3.8) is 0 Å². The normalized spacial score (nSPS) is 11.8. The first-order chi connectivity index (χ1) is 12.4. The predicted octanol–water partition coefficient (Wildman–Crippen LogP) is 2.43. The van der Waals surface area contributed by atoms with Crippen LogP contribution in [0.1, 0.15) is 22.8 Å². The number of benzene rings is 2. The Bertz CT molecular complexity index is 759. The zero-order valence-electron chi connectivity index (χ0n) is 15.4. The molecule has 0 spiro atoms. The van der Waals surface area contributed by atoms with Crippen molar-refractivity contribution < 1.29 is 14.3 Å². The van der Waals surface area contributed by atoms with Crippen LogP contribution in [-0.4, -0.2) is 43.0 Å². The highest BCUT2D eigenvalue weighted by Crippen LogP contribution is 2.16. The first-order valence-electron chi connectivity index (χ1n) is 8.48. The number of hydrogen-bond acceptors (Lipinski definition) is 4. The molecule has 1 unspecified atom stereocenters. The summed E-state index contributed by atoms with van der Waals surface area (Å²) in [7, 11) is 1.88. The minimum Gasteiger partial charge on any atom is -0.492 e. The number of likely N-dealkylation sites (N-methyl/N-ethyl adjacent to an activating group) is 1. The second-order valence-corrected chi connectivity index (χ2v) is 6.20. The Kier molecular flexibility index (Phi) is 6.74. The number of carbonyl (C=O) groups is 2. The molecule has 0 aliphatic carbocycles. The van der Waals surface area contributed by atoms with Gasteiger partial charge in [-0.3, -0.25) is 14.5 Å². The second-order valence-electron chi connectivity index (χ2n) is 6.20. The van der Waals surface area contributed by atoms with E-state index < -0.39 is 5.91 Å². The zero-order valence-corrected chi connectivity index (χ0v) is 15.4. The molecule has 3 N–H and O–H groups in total. The summed E-state index contributed by atoms with van der Waals surface area (Å²) in [6.07, 6.45) is 0. The number of hydrogen-bond donors (Lipinski definition) is 2. The second kappa shape index (κ2) is 9.01. The van der Waals surface area contributed by atoms with Gasteiger partial charge in [-0.2, -0.15) is 0 Å². The van der Waals surface area contributed by atoms with Gasteiger partial charge in [-0.25, -0.2) is 0 Å². The summed E-state index contributed by atoms with van der Waals surface area (Å²) in [5.41, 5.74) is 7.32. The van der Waals surface area contributed by atoms with Gasteiger partial charge in [0.2, 0.25) is 11.8 Å². The van der Waals surface area contributed by atoms with Crippen LogP contribution in [0.3, 0.4) is 0 Å². The minimum atomic E-state index is -0.496. The van der Waals surface area contributed by atoms with E-state index in [1.165, 1.54) is 0 Å². The molecule has 0 radical (unpaired) electrons. The third-order valence-corrected chi connectivity index (χ3v) is 4.27. The smallest absolute Gasteiger partial charge is 0.248 e. The summed E-state index contributed by atoms with van der Waals surface area (Å²) in [4.78, 5) is 25.4. The van der Waals surface area contributed by atoms with Gasteiger partial charge in [0.05, 0.1) is 6.04 Å². The number of primary amides is 1. The van der Waals surface area contributed by atoms with Gasteiger partial charge in [-0.1, -0.05) is 18.2 Å². The molecule has 0 heterocycles. The van der Waals surface area contributed by atoms with Crippen LogP contribution < -0.4 is 15.8 Å². The van der Waals surface area contributed by atoms with Crippen LogP contribution in [0.4, 0.5) is 5.69 Å². The maximum absolute atomic E-state index is 12.4. The number of para-hydroxylation sites is 1. The Hall–Kier alpha value is -2.86. The van der Waals surface area contributed by atoms with Crippen molar-refractivity contribution in [1.82, 2.24) is 4.90 Å². The standard InChI is InChI=1S/C20H25N3O3/c1-14-6-4-5-7-18(14)26-13-12-23(3)15(2)20(25)22-17-10-8-16(9-11-17)19(21)24/h4-11,15H,12-13H2,1-3H3,(H2,21,24)(H,22,25). The number of ether oxygens (including phenoxy) is 1. The van der Waals surface area contributed by atoms with E-state index in [-0.39, 0.29) is 11.9 Å². The molecule has 0 saturated carbocycles. The lowest BCUT2D eigenvalue weighted by atomic mass is 10.2. The fourth-order valence-corrected chi connectivity index (χ4v) is 2.38. The van der Waals surface area contributed by atoms with E-state index in [4.69, 9.17) is 10.5 Å². The Morgan fingerprint density at radius 2 is 1.81 bits per heavy atom. The largest absolute Gasteiger partial charge is 0.492 e. The van der Waals surface area contributed by atoms with Crippen molar-refractivity contribution >= 4 is 17.5 Å². The van der Waals surface area contributed by atoms with Gasteiger partial charge in [0.15, 0.2) is 0 Å². The first kappa shape index (κ1) is 19.5. The molecule has 0 bridgehead atoms. The summed E-state index contributed by atoms with van der Waals surface area (Å²) in [5.74, 6) is 0.229. The lowest BCUT2D eigenvalue weighted by Gasteiger charge is -2.24. The van der Waals surface area contributed by atoms with E-state index in [0.717, 1.165) is 11.3 Å². The molecule has 0 saturated heterocycles. The number of aryl methyl sites for hydroxylation is 1. The topological polar surface area (TPSA) is 84.7 Å². The highest BCUT2D eigenvalue weighted by atomic mass is 16.5. The van der Waals surface area contributed by atoms with Gasteiger partial charge in [-0.05, 0) is 56.8 Å². The van der Waals surface area contributed by atoms with Crippen molar-refractivity contribution in [3.8, 4) is 5.75 Å². The molecule has 0 aromatic heterocycles. The fraction of sp³-hybridized carbons (Fsp3) is 0.300. The molecule has 1 atom stereocenters. The van der Waals surface area contributed by atoms with E-state index in [2.05, 4.69) is 5.32 Å². The maximum atomic E-state index is 12.4. The molecule has 6 heteroatoms. The average Bonchev–Trinajstić information content (AvgIpc) is 2.63. The van der Waals surface area contributed by atoms with Crippen molar-refractivity contribution in [2.45, 2.75) is 19.9 Å². The molecule has 138 valence electrons. The van der Waals surface area contributed by atoms with E-state index >= 15 is 0 Å². The van der Waals surface area contributed by atoms with Crippen molar-refractivity contribution in [2.24, 2.45) is 5.73 Å². The van der Waals surface area contributed by atoms with Gasteiger partial charge in [0, 0.05) is 17.8 Å². The summed E-state index contributed by atoms with van der Waals surface area (Å²) in [5, 5.41) is 2.83. The quantitative estimate of drug-likeness (QED) is 0.762. The van der Waals surface area contributed by atoms with Crippen molar-refractivity contribution in [3.05, 3.63) is 59.7 Å². The maximum Gasteiger partial charge on any atom is 0.248 e.